The molecule has 3 aromatic rings. The molecule has 0 saturated heterocycles. The van der Waals surface area contributed by atoms with Crippen LogP contribution in [0.5, 0.6) is 0 Å². The summed E-state index contributed by atoms with van der Waals surface area (Å²) in [5.74, 6) is -0.431. The number of Topliss-reactive ketones (excluding diaryl/α,β-unsaturated/α-hetero) is 1. The molecule has 150 valence electrons. The third-order valence-electron chi connectivity index (χ3n) is 4.37. The van der Waals surface area contributed by atoms with Gasteiger partial charge in [0, 0.05) is 12.0 Å². The SMILES string of the molecule is O=C(Cc1cccc(C(F)(F)F)c1)c1ccc(-c2ccccc2C(F)(F)F)cc1. The lowest BCUT2D eigenvalue weighted by Gasteiger charge is -2.13. The summed E-state index contributed by atoms with van der Waals surface area (Å²) in [5, 5.41) is 0. The Labute approximate surface area is 162 Å². The summed E-state index contributed by atoms with van der Waals surface area (Å²) in [6, 6.07) is 15.1. The van der Waals surface area contributed by atoms with Crippen LogP contribution in [0.4, 0.5) is 26.3 Å². The largest absolute Gasteiger partial charge is 0.417 e. The maximum atomic E-state index is 13.2. The monoisotopic (exact) mass is 408 g/mol. The van der Waals surface area contributed by atoms with Gasteiger partial charge in [-0.05, 0) is 28.8 Å². The van der Waals surface area contributed by atoms with Crippen molar-refractivity contribution in [2.75, 3.05) is 0 Å². The highest BCUT2D eigenvalue weighted by atomic mass is 19.4. The molecule has 7 heteroatoms. The zero-order valence-corrected chi connectivity index (χ0v) is 14.8. The second-order valence-electron chi connectivity index (χ2n) is 6.42. The predicted octanol–water partition coefficient (Wildman–Crippen LogP) is 6.82. The molecule has 0 aliphatic heterocycles. The molecule has 3 aromatic carbocycles. The number of rotatable bonds is 4. The standard InChI is InChI=1S/C22H14F6O/c23-21(24,25)17-5-3-4-14(12-17)13-20(29)16-10-8-15(9-11-16)18-6-1-2-7-19(18)22(26,27)28/h1-12H,13H2. The first-order valence-electron chi connectivity index (χ1n) is 8.52. The maximum absolute atomic E-state index is 13.2. The van der Waals surface area contributed by atoms with E-state index in [1.54, 1.807) is 0 Å². The van der Waals surface area contributed by atoms with Gasteiger partial charge in [0.15, 0.2) is 5.78 Å². The first-order chi connectivity index (χ1) is 13.6. The van der Waals surface area contributed by atoms with E-state index in [0.29, 0.717) is 0 Å². The summed E-state index contributed by atoms with van der Waals surface area (Å²) >= 11 is 0. The number of benzene rings is 3. The molecular weight excluding hydrogens is 394 g/mol. The molecule has 29 heavy (non-hydrogen) atoms. The van der Waals surface area contributed by atoms with Crippen LogP contribution in [-0.4, -0.2) is 5.78 Å². The van der Waals surface area contributed by atoms with Crippen molar-refractivity contribution in [2.45, 2.75) is 18.8 Å². The number of carbonyl (C=O) groups is 1. The molecule has 1 nitrogen and oxygen atoms in total. The quantitative estimate of drug-likeness (QED) is 0.342. The van der Waals surface area contributed by atoms with Crippen LogP contribution in [0.3, 0.4) is 0 Å². The van der Waals surface area contributed by atoms with E-state index < -0.39 is 29.3 Å². The van der Waals surface area contributed by atoms with E-state index in [0.717, 1.165) is 18.2 Å². The van der Waals surface area contributed by atoms with Crippen molar-refractivity contribution in [3.05, 3.63) is 95.1 Å². The molecule has 0 bridgehead atoms. The van der Waals surface area contributed by atoms with Crippen LogP contribution in [0.25, 0.3) is 11.1 Å². The molecule has 0 saturated carbocycles. The molecule has 0 atom stereocenters. The molecule has 0 amide bonds. The smallest absolute Gasteiger partial charge is 0.294 e. The summed E-state index contributed by atoms with van der Waals surface area (Å²) in [4.78, 5) is 12.4. The minimum absolute atomic E-state index is 0.0168. The van der Waals surface area contributed by atoms with Crippen LogP contribution in [-0.2, 0) is 18.8 Å². The second-order valence-corrected chi connectivity index (χ2v) is 6.42. The normalized spacial score (nSPS) is 12.1. The summed E-state index contributed by atoms with van der Waals surface area (Å²) in [6.07, 6.45) is -9.27. The van der Waals surface area contributed by atoms with E-state index in [1.165, 1.54) is 54.6 Å². The van der Waals surface area contributed by atoms with Gasteiger partial charge in [0.25, 0.3) is 0 Å². The van der Waals surface area contributed by atoms with Gasteiger partial charge in [0.05, 0.1) is 11.1 Å². The van der Waals surface area contributed by atoms with Gasteiger partial charge in [-0.2, -0.15) is 26.3 Å². The number of carbonyl (C=O) groups excluding carboxylic acids is 1. The third-order valence-corrected chi connectivity index (χ3v) is 4.37. The molecule has 0 fully saturated rings. The number of halogens is 6. The van der Waals surface area contributed by atoms with E-state index in [9.17, 15) is 31.1 Å². The van der Waals surface area contributed by atoms with E-state index in [1.807, 2.05) is 0 Å². The highest BCUT2D eigenvalue weighted by Crippen LogP contribution is 2.37. The van der Waals surface area contributed by atoms with Gasteiger partial charge in [-0.15, -0.1) is 0 Å². The fourth-order valence-electron chi connectivity index (χ4n) is 2.96. The van der Waals surface area contributed by atoms with Crippen molar-refractivity contribution in [3.63, 3.8) is 0 Å². The number of hydrogen-bond donors (Lipinski definition) is 0. The van der Waals surface area contributed by atoms with Crippen molar-refractivity contribution < 1.29 is 31.1 Å². The fraction of sp³-hybridized carbons (Fsp3) is 0.136. The van der Waals surface area contributed by atoms with E-state index in [4.69, 9.17) is 0 Å². The van der Waals surface area contributed by atoms with Gasteiger partial charge in [-0.1, -0.05) is 60.7 Å². The van der Waals surface area contributed by atoms with Gasteiger partial charge in [-0.25, -0.2) is 0 Å². The average molecular weight is 408 g/mol. The van der Waals surface area contributed by atoms with Crippen LogP contribution < -0.4 is 0 Å². The predicted molar refractivity (Wildman–Crippen MR) is 96.4 cm³/mol. The fourth-order valence-corrected chi connectivity index (χ4v) is 2.96. The van der Waals surface area contributed by atoms with Crippen molar-refractivity contribution in [2.24, 2.45) is 0 Å². The topological polar surface area (TPSA) is 17.1 Å². The van der Waals surface area contributed by atoms with Gasteiger partial charge >= 0.3 is 12.4 Å². The molecule has 3 rings (SSSR count). The zero-order valence-electron chi connectivity index (χ0n) is 14.8. The Morgan fingerprint density at radius 2 is 1.38 bits per heavy atom. The Hall–Kier alpha value is -3.09. The molecule has 0 aromatic heterocycles. The van der Waals surface area contributed by atoms with Gasteiger partial charge in [0.1, 0.15) is 0 Å². The van der Waals surface area contributed by atoms with Crippen LogP contribution in [0, 0.1) is 0 Å². The highest BCUT2D eigenvalue weighted by Gasteiger charge is 2.33. The summed E-state index contributed by atoms with van der Waals surface area (Å²) in [5.41, 5.74) is -0.956. The van der Waals surface area contributed by atoms with E-state index in [2.05, 4.69) is 0 Å². The van der Waals surface area contributed by atoms with Crippen LogP contribution in [0.15, 0.2) is 72.8 Å². The Bertz CT molecular complexity index is 1020. The first-order valence-corrected chi connectivity index (χ1v) is 8.52. The minimum atomic E-state index is -4.52. The average Bonchev–Trinajstić information content (AvgIpc) is 2.67. The van der Waals surface area contributed by atoms with Crippen molar-refractivity contribution in [1.29, 1.82) is 0 Å². The van der Waals surface area contributed by atoms with Crippen LogP contribution in [0.2, 0.25) is 0 Å². The molecule has 0 aliphatic carbocycles. The lowest BCUT2D eigenvalue weighted by molar-refractivity contribution is -0.138. The summed E-state index contributed by atoms with van der Waals surface area (Å²) in [6.45, 7) is 0. The lowest BCUT2D eigenvalue weighted by atomic mass is 9.96. The molecule has 0 radical (unpaired) electrons. The molecule has 0 aliphatic rings. The Kier molecular flexibility index (Phi) is 5.50. The Morgan fingerprint density at radius 3 is 2.00 bits per heavy atom. The second kappa shape index (κ2) is 7.73. The van der Waals surface area contributed by atoms with E-state index >= 15 is 0 Å². The molecular formula is C22H14F6O. The van der Waals surface area contributed by atoms with E-state index in [-0.39, 0.29) is 28.7 Å². The van der Waals surface area contributed by atoms with Crippen molar-refractivity contribution >= 4 is 5.78 Å². The van der Waals surface area contributed by atoms with Crippen molar-refractivity contribution in [3.8, 4) is 11.1 Å². The highest BCUT2D eigenvalue weighted by molar-refractivity contribution is 5.98. The first kappa shape index (κ1) is 20.6. The number of alkyl halides is 6. The van der Waals surface area contributed by atoms with Crippen LogP contribution >= 0.6 is 0 Å². The molecule has 0 N–H and O–H groups in total. The van der Waals surface area contributed by atoms with Gasteiger partial charge < -0.3 is 0 Å². The maximum Gasteiger partial charge on any atom is 0.417 e. The Morgan fingerprint density at radius 1 is 0.724 bits per heavy atom. The molecule has 0 spiro atoms. The zero-order chi connectivity index (χ0) is 21.2. The summed E-state index contributed by atoms with van der Waals surface area (Å²) in [7, 11) is 0. The summed E-state index contributed by atoms with van der Waals surface area (Å²) < 4.78 is 77.9. The van der Waals surface area contributed by atoms with Gasteiger partial charge in [0.2, 0.25) is 0 Å². The van der Waals surface area contributed by atoms with Crippen molar-refractivity contribution in [1.82, 2.24) is 0 Å². The number of ketones is 1. The van der Waals surface area contributed by atoms with Crippen LogP contribution in [0.1, 0.15) is 27.0 Å². The Balaban J connectivity index is 1.82. The van der Waals surface area contributed by atoms with Gasteiger partial charge in [-0.3, -0.25) is 4.79 Å². The lowest BCUT2D eigenvalue weighted by Crippen LogP contribution is -2.08. The number of hydrogen-bond acceptors (Lipinski definition) is 1. The third kappa shape index (κ3) is 4.85. The minimum Gasteiger partial charge on any atom is -0.294 e. The molecule has 0 unspecified atom stereocenters. The molecule has 0 heterocycles.